The first-order chi connectivity index (χ1) is 8.00. The second-order valence-corrected chi connectivity index (χ2v) is 3.36. The molecule has 6 nitrogen and oxygen atoms in total. The van der Waals surface area contributed by atoms with Gasteiger partial charge in [0.25, 0.3) is 0 Å². The first-order valence-corrected chi connectivity index (χ1v) is 4.83. The van der Waals surface area contributed by atoms with E-state index in [1.54, 1.807) is 18.2 Å². The van der Waals surface area contributed by atoms with Crippen molar-refractivity contribution in [1.82, 2.24) is 0 Å². The van der Waals surface area contributed by atoms with Gasteiger partial charge in [0.1, 0.15) is 5.75 Å². The molecular weight excluding hydrogens is 224 g/mol. The molecular formula is C11H12N2O4. The molecule has 0 saturated carbocycles. The minimum atomic E-state index is -1.24. The van der Waals surface area contributed by atoms with Gasteiger partial charge < -0.3 is 15.9 Å². The summed E-state index contributed by atoms with van der Waals surface area (Å²) in [5, 5.41) is 18.2. The van der Waals surface area contributed by atoms with Crippen LogP contribution in [0.4, 0.5) is 0 Å². The molecule has 1 rings (SSSR count). The van der Waals surface area contributed by atoms with Crippen LogP contribution in [0.3, 0.4) is 0 Å². The van der Waals surface area contributed by atoms with E-state index in [9.17, 15) is 14.7 Å². The summed E-state index contributed by atoms with van der Waals surface area (Å²) in [6.45, 7) is 0. The highest BCUT2D eigenvalue weighted by Gasteiger charge is 2.17. The van der Waals surface area contributed by atoms with Crippen LogP contribution >= 0.6 is 0 Å². The van der Waals surface area contributed by atoms with Crippen molar-refractivity contribution in [3.8, 4) is 5.75 Å². The Bertz CT molecular complexity index is 457. The number of phenols is 1. The van der Waals surface area contributed by atoms with E-state index in [4.69, 9.17) is 10.8 Å². The van der Waals surface area contributed by atoms with Crippen molar-refractivity contribution < 1.29 is 19.8 Å². The van der Waals surface area contributed by atoms with Crippen molar-refractivity contribution in [2.24, 2.45) is 10.7 Å². The molecule has 1 aromatic rings. The number of carbonyl (C=O) groups is 2. The maximum Gasteiger partial charge on any atom is 0.328 e. The monoisotopic (exact) mass is 236 g/mol. The lowest BCUT2D eigenvalue weighted by Crippen LogP contribution is -2.25. The molecule has 6 heteroatoms. The molecule has 0 spiro atoms. The van der Waals surface area contributed by atoms with Crippen LogP contribution in [-0.4, -0.2) is 34.3 Å². The zero-order valence-electron chi connectivity index (χ0n) is 8.91. The van der Waals surface area contributed by atoms with Crippen LogP contribution in [0.15, 0.2) is 29.3 Å². The molecule has 0 saturated heterocycles. The lowest BCUT2D eigenvalue weighted by Gasteiger charge is -2.04. The van der Waals surface area contributed by atoms with Crippen LogP contribution in [-0.2, 0) is 9.59 Å². The topological polar surface area (TPSA) is 113 Å². The summed E-state index contributed by atoms with van der Waals surface area (Å²) in [6.07, 6.45) is 0.830. The summed E-state index contributed by atoms with van der Waals surface area (Å²) < 4.78 is 0. The molecule has 0 radical (unpaired) electrons. The number of aliphatic carboxylic acids is 1. The second kappa shape index (κ2) is 5.64. The number of phenolic OH excluding ortho intramolecular Hbond substituents is 1. The molecule has 0 heterocycles. The summed E-state index contributed by atoms with van der Waals surface area (Å²) in [4.78, 5) is 25.1. The molecule has 1 aromatic carbocycles. The van der Waals surface area contributed by atoms with Crippen LogP contribution in [0.1, 0.15) is 12.0 Å². The molecule has 0 aliphatic rings. The molecule has 4 N–H and O–H groups in total. The number of benzene rings is 1. The van der Waals surface area contributed by atoms with Gasteiger partial charge in [-0.2, -0.15) is 0 Å². The number of rotatable bonds is 5. The van der Waals surface area contributed by atoms with Gasteiger partial charge in [0.05, 0.1) is 6.42 Å². The van der Waals surface area contributed by atoms with Crippen molar-refractivity contribution >= 4 is 18.1 Å². The quantitative estimate of drug-likeness (QED) is 0.631. The molecule has 1 atom stereocenters. The van der Waals surface area contributed by atoms with Crippen molar-refractivity contribution in [2.75, 3.05) is 0 Å². The average molecular weight is 236 g/mol. The zero-order chi connectivity index (χ0) is 12.8. The van der Waals surface area contributed by atoms with Gasteiger partial charge in [-0.3, -0.25) is 9.79 Å². The molecule has 17 heavy (non-hydrogen) atoms. The molecule has 1 amide bonds. The van der Waals surface area contributed by atoms with E-state index in [1.165, 1.54) is 12.3 Å². The van der Waals surface area contributed by atoms with Gasteiger partial charge in [-0.25, -0.2) is 4.79 Å². The fourth-order valence-corrected chi connectivity index (χ4v) is 1.16. The molecule has 90 valence electrons. The minimum Gasteiger partial charge on any atom is -0.507 e. The Morgan fingerprint density at radius 3 is 2.59 bits per heavy atom. The number of nitrogens with zero attached hydrogens (tertiary/aromatic N) is 1. The zero-order valence-corrected chi connectivity index (χ0v) is 8.91. The Labute approximate surface area is 97.4 Å². The Morgan fingerprint density at radius 1 is 1.41 bits per heavy atom. The van der Waals surface area contributed by atoms with Gasteiger partial charge in [0, 0.05) is 11.8 Å². The van der Waals surface area contributed by atoms with Crippen molar-refractivity contribution in [2.45, 2.75) is 12.5 Å². The largest absolute Gasteiger partial charge is 0.507 e. The minimum absolute atomic E-state index is 0.0144. The Kier molecular flexibility index (Phi) is 4.21. The van der Waals surface area contributed by atoms with Crippen LogP contribution in [0, 0.1) is 0 Å². The Morgan fingerprint density at radius 2 is 2.06 bits per heavy atom. The first-order valence-electron chi connectivity index (χ1n) is 4.83. The number of primary amides is 1. The number of nitrogens with two attached hydrogens (primary N) is 1. The number of hydrogen-bond donors (Lipinski definition) is 3. The summed E-state index contributed by atoms with van der Waals surface area (Å²) in [7, 11) is 0. The summed E-state index contributed by atoms with van der Waals surface area (Å²) in [5.41, 5.74) is 5.28. The van der Waals surface area contributed by atoms with Gasteiger partial charge in [-0.05, 0) is 12.1 Å². The number of hydrogen-bond acceptors (Lipinski definition) is 4. The highest BCUT2D eigenvalue weighted by molar-refractivity contribution is 5.88. The highest BCUT2D eigenvalue weighted by atomic mass is 16.4. The third-order valence-corrected chi connectivity index (χ3v) is 2.01. The van der Waals surface area contributed by atoms with E-state index in [0.717, 1.165) is 0 Å². The summed E-state index contributed by atoms with van der Waals surface area (Å²) >= 11 is 0. The average Bonchev–Trinajstić information content (AvgIpc) is 2.25. The Balaban J connectivity index is 2.83. The lowest BCUT2D eigenvalue weighted by molar-refractivity contribution is -0.140. The fourth-order valence-electron chi connectivity index (χ4n) is 1.16. The Hall–Kier alpha value is -2.37. The van der Waals surface area contributed by atoms with Crippen LogP contribution in [0.2, 0.25) is 0 Å². The lowest BCUT2D eigenvalue weighted by atomic mass is 10.2. The highest BCUT2D eigenvalue weighted by Crippen LogP contribution is 2.13. The van der Waals surface area contributed by atoms with E-state index >= 15 is 0 Å². The number of carboxylic acids is 1. The second-order valence-electron chi connectivity index (χ2n) is 3.36. The maximum atomic E-state index is 10.8. The first kappa shape index (κ1) is 12.7. The van der Waals surface area contributed by atoms with E-state index in [1.807, 2.05) is 0 Å². The number of para-hydroxylation sites is 1. The van der Waals surface area contributed by atoms with Gasteiger partial charge in [-0.1, -0.05) is 12.1 Å². The molecule has 0 aliphatic carbocycles. The van der Waals surface area contributed by atoms with E-state index in [2.05, 4.69) is 4.99 Å². The van der Waals surface area contributed by atoms with Crippen LogP contribution < -0.4 is 5.73 Å². The smallest absolute Gasteiger partial charge is 0.328 e. The third kappa shape index (κ3) is 3.94. The third-order valence-electron chi connectivity index (χ3n) is 2.01. The molecule has 0 fully saturated rings. The standard InChI is InChI=1S/C11H12N2O4/c12-10(15)5-8(11(16)17)13-6-7-3-1-2-4-9(7)14/h1-4,6,8,14H,5H2,(H2,12,15)(H,16,17)/b13-6+/t8-/m0/s1. The molecule has 0 aromatic heterocycles. The summed E-state index contributed by atoms with van der Waals surface area (Å²) in [6, 6.07) is 5.09. The van der Waals surface area contributed by atoms with Crippen LogP contribution in [0.25, 0.3) is 0 Å². The number of aliphatic imine (C=N–C) groups is 1. The fraction of sp³-hybridized carbons (Fsp3) is 0.182. The van der Waals surface area contributed by atoms with Crippen LogP contribution in [0.5, 0.6) is 5.75 Å². The van der Waals surface area contributed by atoms with Crippen molar-refractivity contribution in [3.05, 3.63) is 29.8 Å². The SMILES string of the molecule is NC(=O)C[C@H](/N=C/c1ccccc1O)C(=O)O. The number of carbonyl (C=O) groups excluding carboxylic acids is 1. The van der Waals surface area contributed by atoms with Gasteiger partial charge in [-0.15, -0.1) is 0 Å². The van der Waals surface area contributed by atoms with Gasteiger partial charge in [0.15, 0.2) is 6.04 Å². The maximum absolute atomic E-state index is 10.8. The van der Waals surface area contributed by atoms with E-state index < -0.39 is 17.9 Å². The predicted molar refractivity (Wildman–Crippen MR) is 60.9 cm³/mol. The number of aromatic hydroxyl groups is 1. The normalized spacial score (nSPS) is 12.5. The van der Waals surface area contributed by atoms with Crippen molar-refractivity contribution in [1.29, 1.82) is 0 Å². The van der Waals surface area contributed by atoms with Gasteiger partial charge >= 0.3 is 5.97 Å². The van der Waals surface area contributed by atoms with E-state index in [0.29, 0.717) is 5.56 Å². The van der Waals surface area contributed by atoms with E-state index in [-0.39, 0.29) is 12.2 Å². The predicted octanol–water partition coefficient (Wildman–Crippen LogP) is 0.140. The number of carboxylic acid groups (broad SMARTS) is 1. The van der Waals surface area contributed by atoms with Gasteiger partial charge in [0.2, 0.25) is 5.91 Å². The summed E-state index contributed by atoms with van der Waals surface area (Å²) in [5.74, 6) is -2.00. The molecule has 0 aliphatic heterocycles. The molecule has 0 bridgehead atoms. The number of amides is 1. The van der Waals surface area contributed by atoms with Crippen molar-refractivity contribution in [3.63, 3.8) is 0 Å². The molecule has 0 unspecified atom stereocenters.